The van der Waals surface area contributed by atoms with Gasteiger partial charge in [0.15, 0.2) is 0 Å². The van der Waals surface area contributed by atoms with Crippen LogP contribution in [0.4, 0.5) is 5.69 Å². The molecule has 2 saturated heterocycles. The highest BCUT2D eigenvalue weighted by molar-refractivity contribution is 14.1. The van der Waals surface area contributed by atoms with E-state index < -0.39 is 36.3 Å². The fourth-order valence-electron chi connectivity index (χ4n) is 9.84. The minimum Gasteiger partial charge on any atom is -0.394 e. The third-order valence-electron chi connectivity index (χ3n) is 13.3. The van der Waals surface area contributed by atoms with Crippen LogP contribution in [0.15, 0.2) is 24.3 Å². The van der Waals surface area contributed by atoms with E-state index in [0.29, 0.717) is 31.3 Å². The Hall–Kier alpha value is -2.53. The molecule has 56 heavy (non-hydrogen) atoms. The highest BCUT2D eigenvalue weighted by atomic mass is 127. The van der Waals surface area contributed by atoms with E-state index in [1.807, 2.05) is 50.1 Å². The number of ether oxygens (including phenoxy) is 2. The second-order valence-corrected chi connectivity index (χ2v) is 17.5. The van der Waals surface area contributed by atoms with Crippen molar-refractivity contribution in [3.63, 3.8) is 0 Å². The van der Waals surface area contributed by atoms with Gasteiger partial charge in [0.1, 0.15) is 6.04 Å². The summed E-state index contributed by atoms with van der Waals surface area (Å²) in [6.07, 6.45) is 3.66. The first-order valence-electron chi connectivity index (χ1n) is 20.6. The van der Waals surface area contributed by atoms with Crippen molar-refractivity contribution in [1.29, 1.82) is 0 Å². The molecule has 316 valence electrons. The van der Waals surface area contributed by atoms with Crippen LogP contribution < -0.4 is 14.2 Å². The molecule has 1 saturated carbocycles. The number of likely N-dealkylation sites (N-methyl/N-ethyl adjacent to an activating group) is 2. The van der Waals surface area contributed by atoms with Crippen molar-refractivity contribution in [3.8, 4) is 0 Å². The van der Waals surface area contributed by atoms with E-state index in [9.17, 15) is 24.3 Å². The first-order valence-corrected chi connectivity index (χ1v) is 21.7. The number of carbonyl (C=O) groups excluding carboxylic acids is 4. The molecule has 0 spiro atoms. The van der Waals surface area contributed by atoms with Crippen molar-refractivity contribution >= 4 is 52.2 Å². The quantitative estimate of drug-likeness (QED) is 0.111. The van der Waals surface area contributed by atoms with Crippen LogP contribution in [0.25, 0.3) is 0 Å². The third-order valence-corrected chi connectivity index (χ3v) is 13.9. The van der Waals surface area contributed by atoms with Gasteiger partial charge in [-0.15, -0.1) is 0 Å². The van der Waals surface area contributed by atoms with Crippen LogP contribution >= 0.6 is 22.9 Å². The molecule has 12 atom stereocenters. The first-order chi connectivity index (χ1) is 26.6. The summed E-state index contributed by atoms with van der Waals surface area (Å²) in [4.78, 5) is 61.7. The molecule has 14 heteroatoms. The van der Waals surface area contributed by atoms with Gasteiger partial charge in [-0.1, -0.05) is 60.1 Å². The standard InChI is InChI=1S/C42H69IN6O7/c1-11-25(4)37(48(8)42(54)36(24(2)3)45-41(53)38-31-18-19-32(26(31)5)47(38)7)34(55-9)22-35(51)49-20-12-13-33(49)39(56-10)27(6)40(52)44-30(23-50)21-28-14-16-29(46-43)17-15-28/h14-17,24-27,30-34,36-39,46,50H,11-13,18-23H2,1-10H3,(H,44,52)(H,45,53)/t25-,26-,27+,30-,31-,32-,33-,34+,36-,37?,38-,39+/m0/s1. The maximum absolute atomic E-state index is 14.4. The van der Waals surface area contributed by atoms with Crippen molar-refractivity contribution in [3.05, 3.63) is 29.8 Å². The molecular formula is C42H69IN6O7. The number of aliphatic hydroxyl groups is 1. The number of rotatable bonds is 20. The fourth-order valence-corrected chi connectivity index (χ4v) is 10.2. The number of carbonyl (C=O) groups is 4. The average Bonchev–Trinajstić information content (AvgIpc) is 3.88. The maximum Gasteiger partial charge on any atom is 0.245 e. The van der Waals surface area contributed by atoms with Gasteiger partial charge in [0.25, 0.3) is 0 Å². The Morgan fingerprint density at radius 2 is 1.70 bits per heavy atom. The van der Waals surface area contributed by atoms with Crippen molar-refractivity contribution in [2.75, 3.05) is 45.0 Å². The highest BCUT2D eigenvalue weighted by Gasteiger charge is 2.53. The number of methoxy groups -OCH3 is 2. The molecule has 2 bridgehead atoms. The van der Waals surface area contributed by atoms with Crippen molar-refractivity contribution in [1.82, 2.24) is 25.3 Å². The zero-order valence-corrected chi connectivity index (χ0v) is 37.5. The molecular weight excluding hydrogens is 827 g/mol. The number of likely N-dealkylation sites (tertiary alicyclic amines) is 2. The summed E-state index contributed by atoms with van der Waals surface area (Å²) in [6.45, 7) is 12.4. The molecule has 3 aliphatic rings. The lowest BCUT2D eigenvalue weighted by Gasteiger charge is -2.41. The molecule has 1 aliphatic carbocycles. The molecule has 1 aromatic carbocycles. The Labute approximate surface area is 349 Å². The smallest absolute Gasteiger partial charge is 0.245 e. The molecule has 4 amide bonds. The molecule has 1 unspecified atom stereocenters. The van der Waals surface area contributed by atoms with Gasteiger partial charge >= 0.3 is 0 Å². The third kappa shape index (κ3) is 10.4. The van der Waals surface area contributed by atoms with E-state index in [4.69, 9.17) is 9.47 Å². The number of aliphatic hydroxyl groups excluding tert-OH is 1. The Morgan fingerprint density at radius 1 is 1.02 bits per heavy atom. The number of amides is 4. The lowest BCUT2D eigenvalue weighted by Crippen LogP contribution is -2.60. The van der Waals surface area contributed by atoms with Crippen LogP contribution in [0.1, 0.15) is 85.6 Å². The van der Waals surface area contributed by atoms with Crippen molar-refractivity contribution in [2.24, 2.45) is 29.6 Å². The largest absolute Gasteiger partial charge is 0.394 e. The van der Waals surface area contributed by atoms with E-state index in [-0.39, 0.29) is 66.5 Å². The SMILES string of the molecule is CC[C@H](C)C([C@@H](CC(=O)N1CCC[C@H]1[C@H](OC)[C@@H](C)C(=O)N[C@H](CO)Cc1ccc(NI)cc1)OC)N(C)C(=O)[C@@H](NC(=O)[C@@H]1[C@H]2CC[C@@H]([C@H]2C)N1C)C(C)C. The lowest BCUT2D eigenvalue weighted by molar-refractivity contribution is -0.148. The number of benzene rings is 1. The fraction of sp³-hybridized carbons (Fsp3) is 0.762. The second-order valence-electron chi connectivity index (χ2n) is 17.0. The van der Waals surface area contributed by atoms with Crippen molar-refractivity contribution < 1.29 is 33.8 Å². The van der Waals surface area contributed by atoms with Crippen LogP contribution in [0, 0.1) is 29.6 Å². The molecule has 13 nitrogen and oxygen atoms in total. The van der Waals surface area contributed by atoms with E-state index in [1.165, 1.54) is 0 Å². The average molecular weight is 897 g/mol. The minimum atomic E-state index is -0.725. The predicted molar refractivity (Wildman–Crippen MR) is 227 cm³/mol. The second kappa shape index (κ2) is 20.9. The van der Waals surface area contributed by atoms with Gasteiger partial charge in [0.05, 0.1) is 78.2 Å². The van der Waals surface area contributed by atoms with E-state index >= 15 is 0 Å². The monoisotopic (exact) mass is 896 g/mol. The molecule has 2 aliphatic heterocycles. The van der Waals surface area contributed by atoms with E-state index in [1.54, 1.807) is 33.1 Å². The van der Waals surface area contributed by atoms with Gasteiger partial charge in [0.2, 0.25) is 23.6 Å². The van der Waals surface area contributed by atoms with Crippen LogP contribution in [-0.4, -0.2) is 133 Å². The number of halogens is 1. The van der Waals surface area contributed by atoms with Crippen LogP contribution in [0.2, 0.25) is 0 Å². The summed E-state index contributed by atoms with van der Waals surface area (Å²) in [5, 5.41) is 16.3. The number of nitrogens with zero attached hydrogens (tertiary/aromatic N) is 3. The molecule has 0 aromatic heterocycles. The van der Waals surface area contributed by atoms with Gasteiger partial charge in [0, 0.05) is 39.5 Å². The molecule has 2 heterocycles. The van der Waals surface area contributed by atoms with Gasteiger partial charge < -0.3 is 38.5 Å². The Kier molecular flexibility index (Phi) is 17.3. The summed E-state index contributed by atoms with van der Waals surface area (Å²) in [7, 11) is 6.94. The van der Waals surface area contributed by atoms with Gasteiger partial charge in [-0.2, -0.15) is 0 Å². The van der Waals surface area contributed by atoms with E-state index in [0.717, 1.165) is 36.9 Å². The lowest BCUT2D eigenvalue weighted by atomic mass is 9.89. The maximum atomic E-state index is 14.4. The summed E-state index contributed by atoms with van der Waals surface area (Å²) in [5.41, 5.74) is 1.95. The number of hydrogen-bond acceptors (Lipinski definition) is 9. The van der Waals surface area contributed by atoms with Gasteiger partial charge in [-0.25, -0.2) is 0 Å². The summed E-state index contributed by atoms with van der Waals surface area (Å²) < 4.78 is 15.1. The van der Waals surface area contributed by atoms with Gasteiger partial charge in [-0.3, -0.25) is 24.1 Å². The molecule has 4 N–H and O–H groups in total. The zero-order valence-electron chi connectivity index (χ0n) is 35.3. The molecule has 3 fully saturated rings. The Bertz CT molecular complexity index is 1470. The zero-order chi connectivity index (χ0) is 41.4. The number of hydrogen-bond donors (Lipinski definition) is 4. The molecule has 1 aromatic rings. The number of anilines is 1. The van der Waals surface area contributed by atoms with Crippen molar-refractivity contribution in [2.45, 2.75) is 135 Å². The molecule has 4 rings (SSSR count). The first kappa shape index (κ1) is 46.2. The molecule has 0 radical (unpaired) electrons. The number of piperidine rings is 1. The highest BCUT2D eigenvalue weighted by Crippen LogP contribution is 2.46. The summed E-state index contributed by atoms with van der Waals surface area (Å²) in [6, 6.07) is 6.01. The van der Waals surface area contributed by atoms with Crippen LogP contribution in [0.3, 0.4) is 0 Å². The summed E-state index contributed by atoms with van der Waals surface area (Å²) >= 11 is 2.07. The Morgan fingerprint density at radius 3 is 2.23 bits per heavy atom. The minimum absolute atomic E-state index is 0.00654. The van der Waals surface area contributed by atoms with E-state index in [2.05, 4.69) is 62.7 Å². The Balaban J connectivity index is 1.44. The summed E-state index contributed by atoms with van der Waals surface area (Å²) in [5.74, 6) is -0.671. The number of nitrogens with one attached hydrogen (secondary N) is 3. The topological polar surface area (TPSA) is 153 Å². The number of fused-ring (bicyclic) bond motifs is 2. The normalized spacial score (nSPS) is 25.9. The van der Waals surface area contributed by atoms with Gasteiger partial charge in [-0.05, 0) is 80.5 Å². The van der Waals surface area contributed by atoms with Crippen LogP contribution in [0.5, 0.6) is 0 Å². The van der Waals surface area contributed by atoms with Crippen LogP contribution in [-0.2, 0) is 35.1 Å². The predicted octanol–water partition coefficient (Wildman–Crippen LogP) is 4.26.